The van der Waals surface area contributed by atoms with E-state index in [0.29, 0.717) is 0 Å². The Hall–Kier alpha value is 0.110. The average molecular weight is 270 g/mol. The standard InChI is InChI=1S/C8H15O8P/c9-1-2(10)3-5(11)6(12)4-7(16-17-14)15-8(3,4)13/h2-7,9-14,17H,1H2/t2-,3?,4?,5?,6?,7?,8?/m0/s1. The maximum Gasteiger partial charge on any atom is 0.187 e. The van der Waals surface area contributed by atoms with E-state index in [1.165, 1.54) is 0 Å². The predicted molar refractivity (Wildman–Crippen MR) is 53.5 cm³/mol. The lowest BCUT2D eigenvalue weighted by molar-refractivity contribution is -0.425. The topological polar surface area (TPSA) is 140 Å². The van der Waals surface area contributed by atoms with Crippen LogP contribution in [0.3, 0.4) is 0 Å². The van der Waals surface area contributed by atoms with E-state index < -0.39 is 57.9 Å². The minimum Gasteiger partial charge on any atom is -0.394 e. The molecule has 2 rings (SSSR count). The van der Waals surface area contributed by atoms with Crippen LogP contribution in [0.15, 0.2) is 0 Å². The molecule has 1 aliphatic carbocycles. The number of aliphatic hydroxyl groups is 5. The predicted octanol–water partition coefficient (Wildman–Crippen LogP) is -3.13. The van der Waals surface area contributed by atoms with Crippen LogP contribution < -0.4 is 0 Å². The second-order valence-electron chi connectivity index (χ2n) is 4.23. The molecule has 8 nitrogen and oxygen atoms in total. The monoisotopic (exact) mass is 270 g/mol. The SMILES string of the molecule is OC[C@H](O)C1C(O)C(O)C2C(OPO)OC21O. The highest BCUT2D eigenvalue weighted by Gasteiger charge is 2.72. The van der Waals surface area contributed by atoms with Crippen molar-refractivity contribution in [2.75, 3.05) is 6.61 Å². The molecule has 1 aliphatic heterocycles. The average Bonchev–Trinajstić information content (AvgIpc) is 2.41. The van der Waals surface area contributed by atoms with Crippen molar-refractivity contribution in [3.05, 3.63) is 0 Å². The lowest BCUT2D eigenvalue weighted by Gasteiger charge is -2.49. The first-order chi connectivity index (χ1) is 7.97. The van der Waals surface area contributed by atoms with Gasteiger partial charge in [-0.25, -0.2) is 0 Å². The zero-order chi connectivity index (χ0) is 12.8. The molecule has 0 bridgehead atoms. The summed E-state index contributed by atoms with van der Waals surface area (Å²) in [5, 5.41) is 47.8. The zero-order valence-corrected chi connectivity index (χ0v) is 9.67. The van der Waals surface area contributed by atoms with Crippen LogP contribution in [-0.2, 0) is 9.26 Å². The third-order valence-corrected chi connectivity index (χ3v) is 3.75. The molecule has 1 saturated carbocycles. The lowest BCUT2D eigenvalue weighted by atomic mass is 9.86. The summed E-state index contributed by atoms with van der Waals surface area (Å²) in [6.07, 6.45) is -5.26. The highest BCUT2D eigenvalue weighted by Crippen LogP contribution is 2.54. The van der Waals surface area contributed by atoms with Crippen LogP contribution >= 0.6 is 9.03 Å². The first kappa shape index (κ1) is 13.5. The molecule has 7 unspecified atom stereocenters. The fourth-order valence-corrected chi connectivity index (χ4v) is 2.90. The summed E-state index contributed by atoms with van der Waals surface area (Å²) in [6, 6.07) is 0. The maximum atomic E-state index is 10.1. The third kappa shape index (κ3) is 1.81. The number of hydrogen-bond donors (Lipinski definition) is 6. The van der Waals surface area contributed by atoms with Crippen LogP contribution in [-0.4, -0.2) is 67.4 Å². The molecule has 2 fully saturated rings. The Morgan fingerprint density at radius 3 is 2.53 bits per heavy atom. The molecular weight excluding hydrogens is 255 g/mol. The van der Waals surface area contributed by atoms with E-state index in [4.69, 9.17) is 19.3 Å². The fraction of sp³-hybridized carbons (Fsp3) is 1.00. The molecule has 17 heavy (non-hydrogen) atoms. The molecule has 0 radical (unpaired) electrons. The molecule has 0 aromatic heterocycles. The number of ether oxygens (including phenoxy) is 1. The Morgan fingerprint density at radius 1 is 1.35 bits per heavy atom. The molecule has 0 amide bonds. The van der Waals surface area contributed by atoms with Crippen molar-refractivity contribution in [3.8, 4) is 0 Å². The largest absolute Gasteiger partial charge is 0.394 e. The van der Waals surface area contributed by atoms with Crippen LogP contribution in [0, 0.1) is 11.8 Å². The molecule has 2 aliphatic rings. The Balaban J connectivity index is 2.18. The van der Waals surface area contributed by atoms with E-state index in [1.807, 2.05) is 0 Å². The van der Waals surface area contributed by atoms with Crippen molar-refractivity contribution in [3.63, 3.8) is 0 Å². The van der Waals surface area contributed by atoms with Gasteiger partial charge < -0.3 is 39.7 Å². The molecule has 1 saturated heterocycles. The van der Waals surface area contributed by atoms with Gasteiger partial charge in [-0.1, -0.05) is 0 Å². The molecule has 100 valence electrons. The smallest absolute Gasteiger partial charge is 0.187 e. The summed E-state index contributed by atoms with van der Waals surface area (Å²) in [5.74, 6) is -4.15. The second kappa shape index (κ2) is 4.65. The van der Waals surface area contributed by atoms with Crippen molar-refractivity contribution in [1.29, 1.82) is 0 Å². The van der Waals surface area contributed by atoms with E-state index in [-0.39, 0.29) is 0 Å². The quantitative estimate of drug-likeness (QED) is 0.295. The maximum absolute atomic E-state index is 10.1. The van der Waals surface area contributed by atoms with Gasteiger partial charge in [-0.15, -0.1) is 0 Å². The van der Waals surface area contributed by atoms with Crippen molar-refractivity contribution >= 4 is 9.03 Å². The van der Waals surface area contributed by atoms with Crippen molar-refractivity contribution < 1.29 is 39.7 Å². The molecule has 0 aromatic rings. The van der Waals surface area contributed by atoms with Gasteiger partial charge >= 0.3 is 0 Å². The molecule has 1 heterocycles. The zero-order valence-electron chi connectivity index (χ0n) is 8.67. The van der Waals surface area contributed by atoms with Gasteiger partial charge in [0.15, 0.2) is 21.1 Å². The third-order valence-electron chi connectivity index (χ3n) is 3.41. The fourth-order valence-electron chi connectivity index (χ4n) is 2.60. The van der Waals surface area contributed by atoms with Gasteiger partial charge in [-0.3, -0.25) is 0 Å². The van der Waals surface area contributed by atoms with E-state index in [2.05, 4.69) is 0 Å². The van der Waals surface area contributed by atoms with E-state index in [1.54, 1.807) is 0 Å². The lowest BCUT2D eigenvalue weighted by Crippen LogP contribution is -2.64. The van der Waals surface area contributed by atoms with Crippen molar-refractivity contribution in [2.24, 2.45) is 11.8 Å². The van der Waals surface area contributed by atoms with E-state index >= 15 is 0 Å². The summed E-state index contributed by atoms with van der Waals surface area (Å²) in [6.45, 7) is -0.680. The first-order valence-corrected chi connectivity index (χ1v) is 5.93. The Bertz CT molecular complexity index is 291. The van der Waals surface area contributed by atoms with Gasteiger partial charge in [0.05, 0.1) is 36.8 Å². The second-order valence-corrected chi connectivity index (χ2v) is 4.65. The van der Waals surface area contributed by atoms with Gasteiger partial charge in [0.1, 0.15) is 0 Å². The molecule has 6 N–H and O–H groups in total. The Kier molecular flexibility index (Phi) is 3.71. The minimum atomic E-state index is -1.95. The van der Waals surface area contributed by atoms with Gasteiger partial charge in [-0.05, 0) is 0 Å². The van der Waals surface area contributed by atoms with E-state index in [9.17, 15) is 20.4 Å². The Labute approximate surface area is 98.4 Å². The van der Waals surface area contributed by atoms with Crippen molar-refractivity contribution in [2.45, 2.75) is 30.4 Å². The number of hydrogen-bond acceptors (Lipinski definition) is 8. The highest BCUT2D eigenvalue weighted by atomic mass is 31.1. The number of rotatable bonds is 4. The summed E-state index contributed by atoms with van der Waals surface area (Å²) in [4.78, 5) is 8.59. The van der Waals surface area contributed by atoms with Gasteiger partial charge in [0.2, 0.25) is 0 Å². The molecular formula is C8H15O8P. The first-order valence-electron chi connectivity index (χ1n) is 5.07. The van der Waals surface area contributed by atoms with Crippen LogP contribution in [0.1, 0.15) is 0 Å². The summed E-state index contributed by atoms with van der Waals surface area (Å²) in [7, 11) is -0.883. The van der Waals surface area contributed by atoms with Crippen LogP contribution in [0.2, 0.25) is 0 Å². The van der Waals surface area contributed by atoms with Gasteiger partial charge in [0.25, 0.3) is 0 Å². The van der Waals surface area contributed by atoms with E-state index in [0.717, 1.165) is 0 Å². The van der Waals surface area contributed by atoms with Crippen LogP contribution in [0.4, 0.5) is 0 Å². The molecule has 0 aromatic carbocycles. The minimum absolute atomic E-state index is 0.680. The van der Waals surface area contributed by atoms with Gasteiger partial charge in [0, 0.05) is 0 Å². The van der Waals surface area contributed by atoms with Crippen LogP contribution in [0.5, 0.6) is 0 Å². The summed E-state index contributed by atoms with van der Waals surface area (Å²) >= 11 is 0. The normalized spacial score (nSPS) is 51.5. The van der Waals surface area contributed by atoms with Gasteiger partial charge in [-0.2, -0.15) is 0 Å². The number of fused-ring (bicyclic) bond motifs is 1. The molecule has 9 heteroatoms. The molecule has 8 atom stereocenters. The Morgan fingerprint density at radius 2 is 2.00 bits per heavy atom. The summed E-state index contributed by atoms with van der Waals surface area (Å²) < 4.78 is 9.68. The van der Waals surface area contributed by atoms with Crippen LogP contribution in [0.25, 0.3) is 0 Å². The van der Waals surface area contributed by atoms with Crippen molar-refractivity contribution in [1.82, 2.24) is 0 Å². The highest BCUT2D eigenvalue weighted by molar-refractivity contribution is 7.25. The summed E-state index contributed by atoms with van der Waals surface area (Å²) in [5.41, 5.74) is 0. The number of aliphatic hydroxyl groups excluding tert-OH is 4. The molecule has 0 spiro atoms.